The fourth-order valence-electron chi connectivity index (χ4n) is 1.73. The van der Waals surface area contributed by atoms with E-state index in [1.165, 1.54) is 0 Å². The second-order valence-corrected chi connectivity index (χ2v) is 4.86. The summed E-state index contributed by atoms with van der Waals surface area (Å²) in [5.74, 6) is -0.598. The van der Waals surface area contributed by atoms with Crippen LogP contribution in [0.5, 0.6) is 0 Å². The van der Waals surface area contributed by atoms with E-state index in [9.17, 15) is 9.59 Å². The van der Waals surface area contributed by atoms with Crippen LogP contribution < -0.4 is 5.32 Å². The van der Waals surface area contributed by atoms with Gasteiger partial charge < -0.3 is 15.3 Å². The molecule has 0 unspecified atom stereocenters. The number of amides is 1. The zero-order valence-corrected chi connectivity index (χ0v) is 10.3. The summed E-state index contributed by atoms with van der Waals surface area (Å²) in [6.07, 6.45) is 1.96. The zero-order valence-electron chi connectivity index (χ0n) is 9.44. The molecule has 6 heteroatoms. The van der Waals surface area contributed by atoms with E-state index in [1.54, 1.807) is 11.9 Å². The molecule has 1 amide bonds. The first-order valence-electron chi connectivity index (χ1n) is 5.37. The highest BCUT2D eigenvalue weighted by Gasteiger charge is 2.21. The SMILES string of the molecule is CN(C(=O)CSCC(=O)O)C1CCNCC1. The zero-order chi connectivity index (χ0) is 12.0. The number of aliphatic carboxylic acids is 1. The smallest absolute Gasteiger partial charge is 0.313 e. The molecule has 1 aliphatic heterocycles. The number of carboxylic acid groups (broad SMARTS) is 1. The molecule has 0 aromatic heterocycles. The molecule has 5 nitrogen and oxygen atoms in total. The third kappa shape index (κ3) is 4.40. The van der Waals surface area contributed by atoms with E-state index in [2.05, 4.69) is 5.32 Å². The van der Waals surface area contributed by atoms with Gasteiger partial charge in [0.15, 0.2) is 0 Å². The number of nitrogens with one attached hydrogen (secondary N) is 1. The topological polar surface area (TPSA) is 69.6 Å². The third-order valence-electron chi connectivity index (χ3n) is 2.70. The summed E-state index contributed by atoms with van der Waals surface area (Å²) >= 11 is 1.16. The lowest BCUT2D eigenvalue weighted by atomic mass is 10.1. The maximum atomic E-state index is 11.7. The average Bonchev–Trinajstić information content (AvgIpc) is 2.28. The van der Waals surface area contributed by atoms with Gasteiger partial charge in [0.2, 0.25) is 5.91 Å². The van der Waals surface area contributed by atoms with E-state index in [0.717, 1.165) is 37.7 Å². The molecule has 1 saturated heterocycles. The van der Waals surface area contributed by atoms with Crippen LogP contribution in [0.1, 0.15) is 12.8 Å². The molecule has 2 N–H and O–H groups in total. The first-order chi connectivity index (χ1) is 7.61. The van der Waals surface area contributed by atoms with Gasteiger partial charge in [-0.15, -0.1) is 11.8 Å². The molecule has 0 spiro atoms. The summed E-state index contributed by atoms with van der Waals surface area (Å²) < 4.78 is 0. The summed E-state index contributed by atoms with van der Waals surface area (Å²) in [6, 6.07) is 0.305. The Morgan fingerprint density at radius 2 is 2.00 bits per heavy atom. The second-order valence-electron chi connectivity index (χ2n) is 3.87. The third-order valence-corrected chi connectivity index (χ3v) is 3.60. The Kier molecular flexibility index (Phi) is 5.62. The van der Waals surface area contributed by atoms with Crippen LogP contribution in [0.15, 0.2) is 0 Å². The number of carbonyl (C=O) groups is 2. The molecule has 0 saturated carbocycles. The van der Waals surface area contributed by atoms with E-state index < -0.39 is 5.97 Å². The predicted molar refractivity (Wildman–Crippen MR) is 63.6 cm³/mol. The Hall–Kier alpha value is -0.750. The van der Waals surface area contributed by atoms with Crippen LogP contribution in [0.2, 0.25) is 0 Å². The Morgan fingerprint density at radius 1 is 1.38 bits per heavy atom. The lowest BCUT2D eigenvalue weighted by Gasteiger charge is -2.31. The molecule has 1 heterocycles. The van der Waals surface area contributed by atoms with Crippen LogP contribution in [-0.2, 0) is 9.59 Å². The van der Waals surface area contributed by atoms with Crippen molar-refractivity contribution >= 4 is 23.6 Å². The molecule has 1 rings (SSSR count). The number of thioether (sulfide) groups is 1. The van der Waals surface area contributed by atoms with Crippen molar-refractivity contribution in [1.29, 1.82) is 0 Å². The van der Waals surface area contributed by atoms with E-state index in [4.69, 9.17) is 5.11 Å². The standard InChI is InChI=1S/C10H18N2O3S/c1-12(8-2-4-11-5-3-8)9(13)6-16-7-10(14)15/h8,11H,2-7H2,1H3,(H,14,15). The van der Waals surface area contributed by atoms with Crippen LogP contribution in [0.4, 0.5) is 0 Å². The Morgan fingerprint density at radius 3 is 2.56 bits per heavy atom. The molecule has 16 heavy (non-hydrogen) atoms. The first-order valence-corrected chi connectivity index (χ1v) is 6.52. The van der Waals surface area contributed by atoms with Crippen LogP contribution in [-0.4, -0.2) is 59.6 Å². The predicted octanol–water partition coefficient (Wildman–Crippen LogP) is 0.0146. The number of carbonyl (C=O) groups excluding carboxylic acids is 1. The largest absolute Gasteiger partial charge is 0.481 e. The minimum Gasteiger partial charge on any atom is -0.481 e. The van der Waals surface area contributed by atoms with Gasteiger partial charge in [0.25, 0.3) is 0 Å². The summed E-state index contributed by atoms with van der Waals surface area (Å²) in [6.45, 7) is 1.90. The molecule has 0 atom stereocenters. The van der Waals surface area contributed by atoms with Gasteiger partial charge in [0.1, 0.15) is 0 Å². The van der Waals surface area contributed by atoms with Crippen molar-refractivity contribution in [3.05, 3.63) is 0 Å². The van der Waals surface area contributed by atoms with Gasteiger partial charge in [-0.25, -0.2) is 0 Å². The highest BCUT2D eigenvalue weighted by atomic mass is 32.2. The molecular weight excluding hydrogens is 228 g/mol. The summed E-state index contributed by atoms with van der Waals surface area (Å²) in [5, 5.41) is 11.7. The molecule has 0 radical (unpaired) electrons. The average molecular weight is 246 g/mol. The molecule has 0 aromatic rings. The quantitative estimate of drug-likeness (QED) is 0.715. The molecule has 0 bridgehead atoms. The van der Waals surface area contributed by atoms with Crippen LogP contribution >= 0.6 is 11.8 Å². The second kappa shape index (κ2) is 6.75. The van der Waals surface area contributed by atoms with Gasteiger partial charge >= 0.3 is 5.97 Å². The van der Waals surface area contributed by atoms with Crippen molar-refractivity contribution in [2.45, 2.75) is 18.9 Å². The van der Waals surface area contributed by atoms with Gasteiger partial charge in [0.05, 0.1) is 11.5 Å². The summed E-state index contributed by atoms with van der Waals surface area (Å²) in [5.41, 5.74) is 0. The molecule has 1 aliphatic rings. The lowest BCUT2D eigenvalue weighted by Crippen LogP contribution is -2.44. The van der Waals surface area contributed by atoms with Gasteiger partial charge in [-0.2, -0.15) is 0 Å². The van der Waals surface area contributed by atoms with Crippen molar-refractivity contribution in [2.75, 3.05) is 31.6 Å². The first kappa shape index (κ1) is 13.3. The van der Waals surface area contributed by atoms with E-state index in [0.29, 0.717) is 6.04 Å². The van der Waals surface area contributed by atoms with Crippen molar-refractivity contribution < 1.29 is 14.7 Å². The fraction of sp³-hybridized carbons (Fsp3) is 0.800. The van der Waals surface area contributed by atoms with Crippen LogP contribution in [0, 0.1) is 0 Å². The van der Waals surface area contributed by atoms with Crippen LogP contribution in [0.3, 0.4) is 0 Å². The van der Waals surface area contributed by atoms with Gasteiger partial charge in [-0.05, 0) is 25.9 Å². The Labute approximate surface area is 99.6 Å². The molecule has 1 fully saturated rings. The number of piperidine rings is 1. The van der Waals surface area contributed by atoms with Gasteiger partial charge in [0, 0.05) is 13.1 Å². The monoisotopic (exact) mass is 246 g/mol. The van der Waals surface area contributed by atoms with Crippen molar-refractivity contribution in [2.24, 2.45) is 0 Å². The number of hydrogen-bond donors (Lipinski definition) is 2. The molecule has 0 aliphatic carbocycles. The number of nitrogens with zero attached hydrogens (tertiary/aromatic N) is 1. The highest BCUT2D eigenvalue weighted by molar-refractivity contribution is 8.00. The minimum atomic E-state index is -0.873. The number of carboxylic acids is 1. The van der Waals surface area contributed by atoms with E-state index >= 15 is 0 Å². The fourth-order valence-corrected chi connectivity index (χ4v) is 2.38. The molecular formula is C10H18N2O3S. The minimum absolute atomic E-state index is 0.00813. The van der Waals surface area contributed by atoms with Gasteiger partial charge in [-0.3, -0.25) is 9.59 Å². The maximum absolute atomic E-state index is 11.7. The highest BCUT2D eigenvalue weighted by Crippen LogP contribution is 2.11. The van der Waals surface area contributed by atoms with Crippen LogP contribution in [0.25, 0.3) is 0 Å². The Bertz CT molecular complexity index is 254. The maximum Gasteiger partial charge on any atom is 0.313 e. The summed E-state index contributed by atoms with van der Waals surface area (Å²) in [7, 11) is 1.81. The number of hydrogen-bond acceptors (Lipinski definition) is 4. The van der Waals surface area contributed by atoms with Crippen molar-refractivity contribution in [3.8, 4) is 0 Å². The number of rotatable bonds is 5. The van der Waals surface area contributed by atoms with Gasteiger partial charge in [-0.1, -0.05) is 0 Å². The molecule has 0 aromatic carbocycles. The van der Waals surface area contributed by atoms with E-state index in [1.807, 2.05) is 0 Å². The van der Waals surface area contributed by atoms with Crippen molar-refractivity contribution in [3.63, 3.8) is 0 Å². The lowest BCUT2D eigenvalue weighted by molar-refractivity contribution is -0.133. The Balaban J connectivity index is 2.26. The normalized spacial score (nSPS) is 17.1. The summed E-state index contributed by atoms with van der Waals surface area (Å²) in [4.78, 5) is 23.8. The van der Waals surface area contributed by atoms with E-state index in [-0.39, 0.29) is 17.4 Å². The molecule has 92 valence electrons. The van der Waals surface area contributed by atoms with Crippen molar-refractivity contribution in [1.82, 2.24) is 10.2 Å².